The van der Waals surface area contributed by atoms with Gasteiger partial charge in [-0.3, -0.25) is 9.98 Å². The van der Waals surface area contributed by atoms with E-state index >= 15 is 0 Å². The van der Waals surface area contributed by atoms with E-state index in [0.29, 0.717) is 12.4 Å². The highest BCUT2D eigenvalue weighted by Gasteiger charge is 2.25. The van der Waals surface area contributed by atoms with Crippen LogP contribution in [0.25, 0.3) is 0 Å². The summed E-state index contributed by atoms with van der Waals surface area (Å²) in [4.78, 5) is 14.7. The quantitative estimate of drug-likeness (QED) is 0.638. The van der Waals surface area contributed by atoms with Gasteiger partial charge in [-0.15, -0.1) is 0 Å². The molecule has 132 valence electrons. The Labute approximate surface area is 147 Å². The number of rotatable bonds is 5. The zero-order valence-electron chi connectivity index (χ0n) is 14.3. The summed E-state index contributed by atoms with van der Waals surface area (Å²) in [6.07, 6.45) is 5.16. The maximum atomic E-state index is 13.9. The maximum Gasteiger partial charge on any atom is 0.191 e. The molecule has 0 spiro atoms. The molecule has 0 amide bonds. The number of aliphatic imine (C=N–C) groups is 1. The predicted octanol–water partition coefficient (Wildman–Crippen LogP) is 1.60. The highest BCUT2D eigenvalue weighted by atomic mass is 19.1. The minimum atomic E-state index is -0.277. The Morgan fingerprint density at radius 1 is 1.28 bits per heavy atom. The normalized spacial score (nSPS) is 17.6. The molecule has 3 heterocycles. The van der Waals surface area contributed by atoms with Crippen molar-refractivity contribution < 1.29 is 4.39 Å². The molecule has 1 atom stereocenters. The fourth-order valence-corrected chi connectivity index (χ4v) is 2.92. The van der Waals surface area contributed by atoms with Gasteiger partial charge < -0.3 is 15.5 Å². The third-order valence-electron chi connectivity index (χ3n) is 4.19. The first-order chi connectivity index (χ1) is 12.3. The molecular weight excluding hydrogens is 319 g/mol. The third-order valence-corrected chi connectivity index (χ3v) is 4.19. The molecule has 2 N–H and O–H groups in total. The van der Waals surface area contributed by atoms with Crippen LogP contribution in [0, 0.1) is 5.82 Å². The number of nitrogens with one attached hydrogen (secondary N) is 2. The first-order valence-corrected chi connectivity index (χ1v) is 8.49. The lowest BCUT2D eigenvalue weighted by Gasteiger charge is -2.19. The molecule has 1 unspecified atom stereocenters. The van der Waals surface area contributed by atoms with Crippen LogP contribution in [0.5, 0.6) is 0 Å². The van der Waals surface area contributed by atoms with Crippen molar-refractivity contribution in [1.82, 2.24) is 20.6 Å². The van der Waals surface area contributed by atoms with E-state index in [1.807, 2.05) is 23.1 Å². The Hall–Kier alpha value is -2.70. The predicted molar refractivity (Wildman–Crippen MR) is 97.3 cm³/mol. The maximum absolute atomic E-state index is 13.9. The monoisotopic (exact) mass is 342 g/mol. The van der Waals surface area contributed by atoms with Crippen molar-refractivity contribution in [2.45, 2.75) is 18.9 Å². The average molecular weight is 342 g/mol. The van der Waals surface area contributed by atoms with Crippen LogP contribution in [0.4, 0.5) is 10.2 Å². The van der Waals surface area contributed by atoms with E-state index < -0.39 is 0 Å². The first kappa shape index (κ1) is 17.1. The molecular formula is C18H23FN6. The molecule has 0 bridgehead atoms. The van der Waals surface area contributed by atoms with E-state index in [2.05, 4.69) is 25.6 Å². The van der Waals surface area contributed by atoms with Crippen LogP contribution >= 0.6 is 0 Å². The largest absolute Gasteiger partial charge is 0.356 e. The summed E-state index contributed by atoms with van der Waals surface area (Å²) in [5.74, 6) is 0.898. The van der Waals surface area contributed by atoms with Gasteiger partial charge in [-0.2, -0.15) is 0 Å². The van der Waals surface area contributed by atoms with Crippen LogP contribution in [-0.2, 0) is 6.42 Å². The van der Waals surface area contributed by atoms with Crippen LogP contribution in [0.2, 0.25) is 0 Å². The molecule has 0 saturated carbocycles. The number of hydrogen-bond acceptors (Lipinski definition) is 4. The van der Waals surface area contributed by atoms with Crippen LogP contribution in [0.15, 0.2) is 47.7 Å². The SMILES string of the molecule is CN=C(NCCc1ccccn1)NC1CCN(c2ncccc2F)C1. The van der Waals surface area contributed by atoms with Crippen LogP contribution in [-0.4, -0.2) is 48.7 Å². The van der Waals surface area contributed by atoms with Crippen LogP contribution in [0.1, 0.15) is 12.1 Å². The second-order valence-corrected chi connectivity index (χ2v) is 5.95. The zero-order valence-corrected chi connectivity index (χ0v) is 14.3. The number of hydrogen-bond donors (Lipinski definition) is 2. The van der Waals surface area contributed by atoms with Gasteiger partial charge in [-0.05, 0) is 30.7 Å². The molecule has 2 aromatic rings. The van der Waals surface area contributed by atoms with Gasteiger partial charge in [0.1, 0.15) is 0 Å². The van der Waals surface area contributed by atoms with Gasteiger partial charge in [0, 0.05) is 57.2 Å². The number of aromatic nitrogens is 2. The Bertz CT molecular complexity index is 706. The molecule has 0 radical (unpaired) electrons. The van der Waals surface area contributed by atoms with E-state index in [9.17, 15) is 4.39 Å². The first-order valence-electron chi connectivity index (χ1n) is 8.49. The zero-order chi connectivity index (χ0) is 17.5. The Balaban J connectivity index is 1.47. The lowest BCUT2D eigenvalue weighted by molar-refractivity contribution is 0.612. The van der Waals surface area contributed by atoms with Crippen molar-refractivity contribution in [3.63, 3.8) is 0 Å². The van der Waals surface area contributed by atoms with Gasteiger partial charge >= 0.3 is 0 Å². The number of guanidine groups is 1. The summed E-state index contributed by atoms with van der Waals surface area (Å²) in [6, 6.07) is 9.17. The van der Waals surface area contributed by atoms with Crippen molar-refractivity contribution in [3.05, 3.63) is 54.2 Å². The van der Waals surface area contributed by atoms with Crippen molar-refractivity contribution in [2.24, 2.45) is 4.99 Å². The van der Waals surface area contributed by atoms with Gasteiger partial charge in [-0.25, -0.2) is 9.37 Å². The van der Waals surface area contributed by atoms with E-state index in [-0.39, 0.29) is 11.9 Å². The fourth-order valence-electron chi connectivity index (χ4n) is 2.92. The molecule has 3 rings (SSSR count). The molecule has 0 aromatic carbocycles. The molecule has 1 saturated heterocycles. The molecule has 1 fully saturated rings. The highest BCUT2D eigenvalue weighted by molar-refractivity contribution is 5.80. The summed E-state index contributed by atoms with van der Waals surface area (Å²) >= 11 is 0. The third kappa shape index (κ3) is 4.65. The van der Waals surface area contributed by atoms with Gasteiger partial charge in [0.25, 0.3) is 0 Å². The summed E-state index contributed by atoms with van der Waals surface area (Å²) in [6.45, 7) is 2.23. The average Bonchev–Trinajstić information content (AvgIpc) is 3.10. The molecule has 25 heavy (non-hydrogen) atoms. The topological polar surface area (TPSA) is 65.4 Å². The Morgan fingerprint density at radius 3 is 2.92 bits per heavy atom. The van der Waals surface area contributed by atoms with Crippen LogP contribution in [0.3, 0.4) is 0 Å². The molecule has 2 aromatic heterocycles. The second-order valence-electron chi connectivity index (χ2n) is 5.95. The van der Waals surface area contributed by atoms with Gasteiger partial charge in [-0.1, -0.05) is 6.07 Å². The number of anilines is 1. The highest BCUT2D eigenvalue weighted by Crippen LogP contribution is 2.20. The van der Waals surface area contributed by atoms with E-state index in [4.69, 9.17) is 0 Å². The van der Waals surface area contributed by atoms with Crippen molar-refractivity contribution in [3.8, 4) is 0 Å². The fraction of sp³-hybridized carbons (Fsp3) is 0.389. The summed E-state index contributed by atoms with van der Waals surface area (Å²) in [5.41, 5.74) is 1.04. The van der Waals surface area contributed by atoms with E-state index in [1.54, 1.807) is 25.5 Å². The van der Waals surface area contributed by atoms with Crippen molar-refractivity contribution >= 4 is 11.8 Å². The molecule has 7 heteroatoms. The van der Waals surface area contributed by atoms with Gasteiger partial charge in [0.15, 0.2) is 17.6 Å². The summed E-state index contributed by atoms with van der Waals surface area (Å²) in [7, 11) is 1.75. The Morgan fingerprint density at radius 2 is 2.16 bits per heavy atom. The number of halogens is 1. The lowest BCUT2D eigenvalue weighted by Crippen LogP contribution is -2.45. The second kappa shape index (κ2) is 8.41. The van der Waals surface area contributed by atoms with E-state index in [0.717, 1.165) is 37.6 Å². The van der Waals surface area contributed by atoms with Gasteiger partial charge in [0.05, 0.1) is 0 Å². The lowest BCUT2D eigenvalue weighted by atomic mass is 10.2. The minimum Gasteiger partial charge on any atom is -0.356 e. The summed E-state index contributed by atoms with van der Waals surface area (Å²) in [5, 5.41) is 6.70. The van der Waals surface area contributed by atoms with Crippen molar-refractivity contribution in [1.29, 1.82) is 0 Å². The summed E-state index contributed by atoms with van der Waals surface area (Å²) < 4.78 is 13.9. The van der Waals surface area contributed by atoms with Gasteiger partial charge in [0.2, 0.25) is 0 Å². The Kier molecular flexibility index (Phi) is 5.77. The van der Waals surface area contributed by atoms with Crippen LogP contribution < -0.4 is 15.5 Å². The number of nitrogens with zero attached hydrogens (tertiary/aromatic N) is 4. The minimum absolute atomic E-state index is 0.211. The molecule has 0 aliphatic carbocycles. The standard InChI is InChI=1S/C18H23FN6/c1-20-18(23-11-7-14-5-2-3-9-21-14)24-15-8-12-25(13-15)17-16(19)6-4-10-22-17/h2-6,9-10,15H,7-8,11-13H2,1H3,(H2,20,23,24). The smallest absolute Gasteiger partial charge is 0.191 e. The van der Waals surface area contributed by atoms with E-state index in [1.165, 1.54) is 6.07 Å². The van der Waals surface area contributed by atoms with Crippen molar-refractivity contribution in [2.75, 3.05) is 31.6 Å². The number of pyridine rings is 2. The molecule has 6 nitrogen and oxygen atoms in total. The molecule has 1 aliphatic rings. The molecule has 1 aliphatic heterocycles.